The summed E-state index contributed by atoms with van der Waals surface area (Å²) in [6.45, 7) is 0. The molecule has 0 aliphatic heterocycles. The molecule has 0 unspecified atom stereocenters. The van der Waals surface area contributed by atoms with E-state index in [0.717, 1.165) is 16.3 Å². The van der Waals surface area contributed by atoms with Gasteiger partial charge in [-0.05, 0) is 60.5 Å². The lowest BCUT2D eigenvalue weighted by Gasteiger charge is -2.07. The van der Waals surface area contributed by atoms with Crippen molar-refractivity contribution in [3.8, 4) is 0 Å². The first-order valence-corrected chi connectivity index (χ1v) is 10.1. The summed E-state index contributed by atoms with van der Waals surface area (Å²) in [6, 6.07) is 19.3. The molecule has 3 aromatic carbocycles. The van der Waals surface area contributed by atoms with Crippen LogP contribution in [0.4, 0.5) is 22.7 Å². The van der Waals surface area contributed by atoms with E-state index in [1.165, 1.54) is 18.0 Å². The minimum absolute atomic E-state index is 0.106. The molecule has 0 aliphatic carbocycles. The van der Waals surface area contributed by atoms with Crippen LogP contribution in [0.25, 0.3) is 0 Å². The normalized spacial score (nSPS) is 9.70. The van der Waals surface area contributed by atoms with Crippen molar-refractivity contribution in [3.63, 3.8) is 0 Å². The lowest BCUT2D eigenvalue weighted by atomic mass is 10.3. The largest absolute Gasteiger partial charge is 0.383 e. The van der Waals surface area contributed by atoms with Gasteiger partial charge in [0.05, 0.1) is 15.0 Å². The lowest BCUT2D eigenvalue weighted by molar-refractivity contribution is -0.383. The molecule has 30 heavy (non-hydrogen) atoms. The molecule has 3 aromatic rings. The first-order chi connectivity index (χ1) is 14.4. The molecule has 0 aromatic heterocycles. The number of hydrogen-bond acceptors (Lipinski definition) is 6. The molecule has 0 radical (unpaired) electrons. The van der Waals surface area contributed by atoms with E-state index in [1.54, 1.807) is 37.4 Å². The standard InChI is InChI=1S/C13H10Cl2N2OS.C7H8N2O2/c14-12-6-3-10(7-13(12)15)17-19-11-4-1-9(2-5-11)16-8-18;1-8-6-4-2-3-5-7(6)9(10)11/h1-8,17H,(H,16,18);2-5,8H,1H3. The Morgan fingerprint density at radius 2 is 1.63 bits per heavy atom. The van der Waals surface area contributed by atoms with Gasteiger partial charge in [-0.15, -0.1) is 0 Å². The number of hydrogen-bond donors (Lipinski definition) is 3. The molecule has 7 nitrogen and oxygen atoms in total. The van der Waals surface area contributed by atoms with Crippen LogP contribution in [-0.2, 0) is 4.79 Å². The van der Waals surface area contributed by atoms with Gasteiger partial charge in [0.25, 0.3) is 5.69 Å². The SMILES string of the molecule is CNc1ccccc1[N+](=O)[O-].O=CNc1ccc(SNc2ccc(Cl)c(Cl)c2)cc1. The van der Waals surface area contributed by atoms with E-state index < -0.39 is 4.92 Å². The van der Waals surface area contributed by atoms with Crippen molar-refractivity contribution in [2.75, 3.05) is 22.4 Å². The minimum atomic E-state index is -0.411. The molecule has 0 heterocycles. The fraction of sp³-hybridized carbons (Fsp3) is 0.0500. The average Bonchev–Trinajstić information content (AvgIpc) is 2.76. The topological polar surface area (TPSA) is 96.3 Å². The quantitative estimate of drug-likeness (QED) is 0.164. The Balaban J connectivity index is 0.000000248. The Kier molecular flexibility index (Phi) is 9.27. The van der Waals surface area contributed by atoms with Crippen molar-refractivity contribution in [2.24, 2.45) is 0 Å². The Bertz CT molecular complexity index is 1000. The van der Waals surface area contributed by atoms with E-state index in [9.17, 15) is 14.9 Å². The number of nitrogens with one attached hydrogen (secondary N) is 3. The zero-order chi connectivity index (χ0) is 21.9. The second-order valence-electron chi connectivity index (χ2n) is 5.64. The molecule has 1 amide bonds. The van der Waals surface area contributed by atoms with E-state index >= 15 is 0 Å². The fourth-order valence-corrected chi connectivity index (χ4v) is 3.14. The van der Waals surface area contributed by atoms with Crippen LogP contribution in [0.2, 0.25) is 10.0 Å². The molecule has 0 saturated carbocycles. The third-order valence-electron chi connectivity index (χ3n) is 3.66. The summed E-state index contributed by atoms with van der Waals surface area (Å²) >= 11 is 13.2. The summed E-state index contributed by atoms with van der Waals surface area (Å²) in [7, 11) is 1.66. The van der Waals surface area contributed by atoms with E-state index in [0.29, 0.717) is 22.1 Å². The number of halogens is 2. The van der Waals surface area contributed by atoms with Crippen molar-refractivity contribution < 1.29 is 9.72 Å². The van der Waals surface area contributed by atoms with Gasteiger partial charge in [-0.3, -0.25) is 14.9 Å². The van der Waals surface area contributed by atoms with Gasteiger partial charge in [0.2, 0.25) is 6.41 Å². The molecule has 0 saturated heterocycles. The fourth-order valence-electron chi connectivity index (χ4n) is 2.21. The summed E-state index contributed by atoms with van der Waals surface area (Å²) in [5.74, 6) is 0. The van der Waals surface area contributed by atoms with Gasteiger partial charge < -0.3 is 15.4 Å². The zero-order valence-corrected chi connectivity index (χ0v) is 18.1. The summed E-state index contributed by atoms with van der Waals surface area (Å²) < 4.78 is 3.16. The molecule has 0 bridgehead atoms. The van der Waals surface area contributed by atoms with E-state index in [1.807, 2.05) is 30.3 Å². The van der Waals surface area contributed by atoms with Gasteiger partial charge >= 0.3 is 0 Å². The molecule has 0 aliphatic rings. The smallest absolute Gasteiger partial charge is 0.292 e. The maximum absolute atomic E-state index is 10.3. The molecule has 156 valence electrons. The minimum Gasteiger partial charge on any atom is -0.383 e. The number of carbonyl (C=O) groups excluding carboxylic acids is 1. The zero-order valence-electron chi connectivity index (χ0n) is 15.8. The van der Waals surface area contributed by atoms with E-state index in [4.69, 9.17) is 23.2 Å². The van der Waals surface area contributed by atoms with Gasteiger partial charge in [-0.25, -0.2) is 0 Å². The van der Waals surface area contributed by atoms with Gasteiger partial charge in [0.1, 0.15) is 5.69 Å². The molecule has 10 heteroatoms. The molecule has 0 atom stereocenters. The number of nitro groups is 1. The second kappa shape index (κ2) is 11.9. The van der Waals surface area contributed by atoms with Gasteiger partial charge in [-0.2, -0.15) is 0 Å². The van der Waals surface area contributed by atoms with Crippen LogP contribution in [0.3, 0.4) is 0 Å². The first-order valence-electron chi connectivity index (χ1n) is 8.54. The predicted octanol–water partition coefficient (Wildman–Crippen LogP) is 6.32. The Hall–Kier alpha value is -2.94. The first kappa shape index (κ1) is 23.3. The molecular formula is C20H18Cl2N4O3S. The van der Waals surface area contributed by atoms with Crippen LogP contribution >= 0.6 is 35.1 Å². The number of nitro benzene ring substituents is 1. The third kappa shape index (κ3) is 7.14. The highest BCUT2D eigenvalue weighted by Gasteiger charge is 2.09. The van der Waals surface area contributed by atoms with Gasteiger partial charge in [0, 0.05) is 29.4 Å². The van der Waals surface area contributed by atoms with Crippen LogP contribution in [0.15, 0.2) is 71.6 Å². The summed E-state index contributed by atoms with van der Waals surface area (Å²) in [6.07, 6.45) is 0.649. The Morgan fingerprint density at radius 3 is 2.20 bits per heavy atom. The Labute approximate surface area is 188 Å². The lowest BCUT2D eigenvalue weighted by Crippen LogP contribution is -1.95. The maximum Gasteiger partial charge on any atom is 0.292 e. The average molecular weight is 465 g/mol. The highest BCUT2D eigenvalue weighted by molar-refractivity contribution is 8.00. The maximum atomic E-state index is 10.3. The highest BCUT2D eigenvalue weighted by Crippen LogP contribution is 2.28. The van der Waals surface area contributed by atoms with Crippen LogP contribution < -0.4 is 15.4 Å². The van der Waals surface area contributed by atoms with Crippen molar-refractivity contribution in [3.05, 3.63) is 86.9 Å². The van der Waals surface area contributed by atoms with Crippen molar-refractivity contribution in [1.82, 2.24) is 0 Å². The van der Waals surface area contributed by atoms with Crippen molar-refractivity contribution in [1.29, 1.82) is 0 Å². The van der Waals surface area contributed by atoms with Crippen molar-refractivity contribution >= 4 is 64.3 Å². The molecule has 3 rings (SSSR count). The second-order valence-corrected chi connectivity index (χ2v) is 7.34. The Morgan fingerprint density at radius 1 is 0.967 bits per heavy atom. The van der Waals surface area contributed by atoms with E-state index in [-0.39, 0.29) is 5.69 Å². The van der Waals surface area contributed by atoms with E-state index in [2.05, 4.69) is 15.4 Å². The predicted molar refractivity (Wildman–Crippen MR) is 125 cm³/mol. The number of amides is 1. The molecule has 0 fully saturated rings. The van der Waals surface area contributed by atoms with Gasteiger partial charge in [-0.1, -0.05) is 35.3 Å². The van der Waals surface area contributed by atoms with Gasteiger partial charge in [0.15, 0.2) is 0 Å². The number of para-hydroxylation sites is 2. The number of rotatable bonds is 7. The van der Waals surface area contributed by atoms with Crippen LogP contribution in [0.5, 0.6) is 0 Å². The monoisotopic (exact) mass is 464 g/mol. The number of benzene rings is 3. The van der Waals surface area contributed by atoms with Crippen molar-refractivity contribution in [2.45, 2.75) is 4.90 Å². The summed E-state index contributed by atoms with van der Waals surface area (Å²) in [5, 5.41) is 16.7. The summed E-state index contributed by atoms with van der Waals surface area (Å²) in [5.41, 5.74) is 2.27. The number of nitrogens with zero attached hydrogens (tertiary/aromatic N) is 1. The van der Waals surface area contributed by atoms with Crippen LogP contribution in [0.1, 0.15) is 0 Å². The number of anilines is 3. The van der Waals surface area contributed by atoms with Crippen LogP contribution in [0, 0.1) is 10.1 Å². The third-order valence-corrected chi connectivity index (χ3v) is 5.24. The molecule has 3 N–H and O–H groups in total. The highest BCUT2D eigenvalue weighted by atomic mass is 35.5. The number of carbonyl (C=O) groups is 1. The van der Waals surface area contributed by atoms with Crippen LogP contribution in [-0.4, -0.2) is 18.4 Å². The summed E-state index contributed by atoms with van der Waals surface area (Å²) in [4.78, 5) is 21.2. The molecule has 0 spiro atoms. The molecular weight excluding hydrogens is 447 g/mol.